The number of hydrogen-bond acceptors (Lipinski definition) is 8. The molecule has 3 aromatic heterocycles. The largest absolute Gasteiger partial charge is 0.490 e. The monoisotopic (exact) mass is 469 g/mol. The molecule has 0 fully saturated rings. The zero-order chi connectivity index (χ0) is 24.8. The van der Waals surface area contributed by atoms with Gasteiger partial charge in [-0.05, 0) is 32.0 Å². The first-order valence-electron chi connectivity index (χ1n) is 10.1. The molecule has 0 radical (unpaired) electrons. The minimum absolute atomic E-state index is 0.0509. The highest BCUT2D eigenvalue weighted by Crippen LogP contribution is 2.22. The molecule has 3 aromatic rings. The van der Waals surface area contributed by atoms with Crippen molar-refractivity contribution in [2.75, 3.05) is 10.6 Å². The van der Waals surface area contributed by atoms with E-state index in [9.17, 15) is 23.6 Å². The van der Waals surface area contributed by atoms with Gasteiger partial charge in [0.1, 0.15) is 11.5 Å². The number of pyridine rings is 2. The van der Waals surface area contributed by atoms with Crippen molar-refractivity contribution in [2.45, 2.75) is 26.3 Å². The maximum Gasteiger partial charge on any atom is 0.490 e. The molecule has 1 amide bonds. The van der Waals surface area contributed by atoms with Gasteiger partial charge in [0.25, 0.3) is 12.3 Å². The van der Waals surface area contributed by atoms with Crippen LogP contribution in [-0.4, -0.2) is 54.7 Å². The summed E-state index contributed by atoms with van der Waals surface area (Å²) in [5.41, 5.74) is -0.367. The molecule has 0 aliphatic carbocycles. The van der Waals surface area contributed by atoms with Gasteiger partial charge in [-0.1, -0.05) is 6.07 Å². The van der Waals surface area contributed by atoms with E-state index in [0.717, 1.165) is 6.20 Å². The molecule has 0 aliphatic rings. The van der Waals surface area contributed by atoms with Crippen molar-refractivity contribution in [3.8, 4) is 11.4 Å². The van der Waals surface area contributed by atoms with Gasteiger partial charge in [-0.3, -0.25) is 15.2 Å². The lowest BCUT2D eigenvalue weighted by Crippen LogP contribution is -2.30. The number of anilines is 2. The fourth-order valence-corrected chi connectivity index (χ4v) is 2.96. The molecule has 3 rings (SSSR count). The van der Waals surface area contributed by atoms with Crippen molar-refractivity contribution in [1.29, 1.82) is 5.41 Å². The number of nitrogens with zero attached hydrogens (tertiary/aromatic N) is 4. The first-order valence-corrected chi connectivity index (χ1v) is 10.1. The molecule has 0 spiro atoms. The number of halogens is 2. The van der Waals surface area contributed by atoms with Crippen LogP contribution in [0.3, 0.4) is 0 Å². The standard InChI is InChI=1S/C21H22BF2N7O3/c1-12(2)31-11-27-10-17(31)16-4-3-5-18(29-16)30-21(32)15(19(25)20(23)24)9-28-14-6-13(22(33)34)7-26-8-14/h3-12,20,25,28,33-34H,1-2H3,(H,29,30,32)/b15-9+,25-19?. The summed E-state index contributed by atoms with van der Waals surface area (Å²) in [6.45, 7) is 3.95. The van der Waals surface area contributed by atoms with Crippen molar-refractivity contribution in [3.63, 3.8) is 0 Å². The van der Waals surface area contributed by atoms with Crippen LogP contribution in [0.25, 0.3) is 11.4 Å². The van der Waals surface area contributed by atoms with E-state index in [2.05, 4.69) is 25.6 Å². The van der Waals surface area contributed by atoms with Crippen LogP contribution in [0, 0.1) is 5.41 Å². The Bertz CT molecular complexity index is 1210. The fourth-order valence-electron chi connectivity index (χ4n) is 2.96. The number of nitrogens with one attached hydrogen (secondary N) is 3. The van der Waals surface area contributed by atoms with E-state index in [-0.39, 0.29) is 23.0 Å². The van der Waals surface area contributed by atoms with E-state index in [0.29, 0.717) is 11.4 Å². The third kappa shape index (κ3) is 5.88. The van der Waals surface area contributed by atoms with Crippen molar-refractivity contribution >= 4 is 35.7 Å². The highest BCUT2D eigenvalue weighted by molar-refractivity contribution is 6.58. The second-order valence-corrected chi connectivity index (χ2v) is 7.44. The molecule has 0 atom stereocenters. The van der Waals surface area contributed by atoms with Crippen molar-refractivity contribution in [2.24, 2.45) is 0 Å². The van der Waals surface area contributed by atoms with Crippen molar-refractivity contribution in [3.05, 3.63) is 61.0 Å². The summed E-state index contributed by atoms with van der Waals surface area (Å²) in [5.74, 6) is -0.884. The van der Waals surface area contributed by atoms with E-state index in [1.807, 2.05) is 18.4 Å². The summed E-state index contributed by atoms with van der Waals surface area (Å²) in [6, 6.07) is 6.28. The summed E-state index contributed by atoms with van der Waals surface area (Å²) in [4.78, 5) is 25.1. The van der Waals surface area contributed by atoms with Crippen LogP contribution in [0.1, 0.15) is 19.9 Å². The zero-order valence-corrected chi connectivity index (χ0v) is 18.3. The van der Waals surface area contributed by atoms with Gasteiger partial charge in [0, 0.05) is 23.9 Å². The minimum Gasteiger partial charge on any atom is -0.423 e. The second kappa shape index (κ2) is 10.8. The number of hydrogen-bond donors (Lipinski definition) is 5. The lowest BCUT2D eigenvalue weighted by Gasteiger charge is -2.13. The third-order valence-corrected chi connectivity index (χ3v) is 4.67. The number of carbonyl (C=O) groups is 1. The number of alkyl halides is 2. The lowest BCUT2D eigenvalue weighted by molar-refractivity contribution is -0.112. The molecule has 0 aliphatic heterocycles. The predicted molar refractivity (Wildman–Crippen MR) is 124 cm³/mol. The molecule has 176 valence electrons. The van der Waals surface area contributed by atoms with E-state index in [1.165, 1.54) is 24.5 Å². The average molecular weight is 469 g/mol. The molecule has 0 bridgehead atoms. The zero-order valence-electron chi connectivity index (χ0n) is 18.3. The molecule has 34 heavy (non-hydrogen) atoms. The smallest absolute Gasteiger partial charge is 0.423 e. The van der Waals surface area contributed by atoms with Gasteiger partial charge >= 0.3 is 7.12 Å². The predicted octanol–water partition coefficient (Wildman–Crippen LogP) is 1.82. The third-order valence-electron chi connectivity index (χ3n) is 4.67. The summed E-state index contributed by atoms with van der Waals surface area (Å²) in [6.07, 6.45) is 3.49. The van der Waals surface area contributed by atoms with E-state index < -0.39 is 30.7 Å². The van der Waals surface area contributed by atoms with Crippen molar-refractivity contribution < 1.29 is 23.6 Å². The SMILES string of the molecule is CC(C)n1cncc1-c1cccc(NC(=O)/C(=C/Nc2cncc(B(O)O)c2)C(=N)C(F)F)n1. The van der Waals surface area contributed by atoms with Crippen LogP contribution < -0.4 is 16.1 Å². The Morgan fingerprint density at radius 2 is 1.97 bits per heavy atom. The molecule has 13 heteroatoms. The van der Waals surface area contributed by atoms with E-state index >= 15 is 0 Å². The molecule has 0 unspecified atom stereocenters. The second-order valence-electron chi connectivity index (χ2n) is 7.44. The van der Waals surface area contributed by atoms with Gasteiger partial charge in [0.05, 0.1) is 41.4 Å². The summed E-state index contributed by atoms with van der Waals surface area (Å²) >= 11 is 0. The molecular formula is C21H22BF2N7O3. The Hall–Kier alpha value is -3.97. The molecule has 0 aromatic carbocycles. The quantitative estimate of drug-likeness (QED) is 0.182. The van der Waals surface area contributed by atoms with Gasteiger partial charge in [-0.2, -0.15) is 0 Å². The van der Waals surface area contributed by atoms with Gasteiger partial charge in [0.2, 0.25) is 0 Å². The molecule has 0 saturated carbocycles. The highest BCUT2D eigenvalue weighted by atomic mass is 19.3. The topological polar surface area (TPSA) is 149 Å². The number of imidazole rings is 1. The van der Waals surface area contributed by atoms with Crippen LogP contribution in [0.5, 0.6) is 0 Å². The maximum atomic E-state index is 13.3. The highest BCUT2D eigenvalue weighted by Gasteiger charge is 2.23. The van der Waals surface area contributed by atoms with E-state index in [1.54, 1.807) is 24.7 Å². The van der Waals surface area contributed by atoms with Gasteiger partial charge in [-0.15, -0.1) is 0 Å². The fraction of sp³-hybridized carbons (Fsp3) is 0.190. The first kappa shape index (κ1) is 24.7. The Labute approximate surface area is 194 Å². The van der Waals surface area contributed by atoms with Gasteiger partial charge in [0.15, 0.2) is 0 Å². The maximum absolute atomic E-state index is 13.3. The van der Waals surface area contributed by atoms with Crippen LogP contribution in [0.15, 0.2) is 61.0 Å². The number of rotatable bonds is 9. The summed E-state index contributed by atoms with van der Waals surface area (Å²) < 4.78 is 28.4. The van der Waals surface area contributed by atoms with Crippen LogP contribution in [0.4, 0.5) is 20.3 Å². The molecular weight excluding hydrogens is 447 g/mol. The molecule has 0 saturated heterocycles. The van der Waals surface area contributed by atoms with E-state index in [4.69, 9.17) is 5.41 Å². The van der Waals surface area contributed by atoms with Crippen LogP contribution in [0.2, 0.25) is 0 Å². The molecule has 10 nitrogen and oxygen atoms in total. The van der Waals surface area contributed by atoms with Crippen molar-refractivity contribution in [1.82, 2.24) is 19.5 Å². The lowest BCUT2D eigenvalue weighted by atomic mass is 9.81. The molecule has 5 N–H and O–H groups in total. The van der Waals surface area contributed by atoms with Crippen LogP contribution in [-0.2, 0) is 4.79 Å². The Kier molecular flexibility index (Phi) is 7.81. The number of aromatic nitrogens is 4. The average Bonchev–Trinajstić information content (AvgIpc) is 3.30. The normalized spacial score (nSPS) is 11.6. The van der Waals surface area contributed by atoms with Crippen LogP contribution >= 0.6 is 0 Å². The van der Waals surface area contributed by atoms with Gasteiger partial charge < -0.3 is 25.2 Å². The molecule has 3 heterocycles. The minimum atomic E-state index is -3.21. The number of carbonyl (C=O) groups excluding carboxylic acids is 1. The first-order chi connectivity index (χ1) is 16.2. The Morgan fingerprint density at radius 3 is 2.65 bits per heavy atom. The summed E-state index contributed by atoms with van der Waals surface area (Å²) in [5, 5.41) is 31.2. The van der Waals surface area contributed by atoms with Gasteiger partial charge in [-0.25, -0.2) is 18.7 Å². The number of amides is 1. The Morgan fingerprint density at radius 1 is 1.21 bits per heavy atom. The summed E-state index contributed by atoms with van der Waals surface area (Å²) in [7, 11) is -1.79. The Balaban J connectivity index is 1.85.